The lowest BCUT2D eigenvalue weighted by atomic mass is 10.1. The largest absolute Gasteiger partial charge is 0.478 e. The van der Waals surface area contributed by atoms with E-state index in [-0.39, 0.29) is 28.4 Å². The number of para-hydroxylation sites is 1. The molecule has 0 atom stereocenters. The molecule has 2 saturated heterocycles. The van der Waals surface area contributed by atoms with Crippen LogP contribution < -0.4 is 21.3 Å². The molecule has 0 saturated carbocycles. The number of amides is 3. The first-order chi connectivity index (χ1) is 20.6. The molecule has 14 heteroatoms. The minimum atomic E-state index is -0.974. The Balaban J connectivity index is 0.000000215. The van der Waals surface area contributed by atoms with E-state index in [1.54, 1.807) is 48.6 Å². The number of hydrogen-bond acceptors (Lipinski definition) is 9. The van der Waals surface area contributed by atoms with Gasteiger partial charge in [0.1, 0.15) is 8.64 Å². The number of thiocarbonyl (C=S) groups is 3. The number of carboxylic acid groups (broad SMARTS) is 1. The van der Waals surface area contributed by atoms with Crippen molar-refractivity contribution >= 4 is 115 Å². The zero-order valence-corrected chi connectivity index (χ0v) is 25.9. The highest BCUT2D eigenvalue weighted by Crippen LogP contribution is 2.26. The average molecular weight is 665 g/mol. The summed E-state index contributed by atoms with van der Waals surface area (Å²) >= 11 is 17.4. The molecule has 2 aliphatic rings. The first-order valence-corrected chi connectivity index (χ1v) is 15.0. The van der Waals surface area contributed by atoms with E-state index in [0.717, 1.165) is 16.8 Å². The van der Waals surface area contributed by atoms with Gasteiger partial charge in [-0.25, -0.2) is 4.79 Å². The summed E-state index contributed by atoms with van der Waals surface area (Å²) in [5.74, 6) is -1.72. The Kier molecular flexibility index (Phi) is 10.9. The SMILES string of the molecule is O=C1NC(=S)S/C1=C\c1ccc(C(=O)NC(=S)Nc2ccccc2)cc1.O=C1NC(=S)S/C1=C\c1ccc(C(=O)O)cc1. The lowest BCUT2D eigenvalue weighted by Gasteiger charge is -2.09. The Morgan fingerprint density at radius 2 is 1.19 bits per heavy atom. The van der Waals surface area contributed by atoms with Gasteiger partial charge in [-0.05, 0) is 71.9 Å². The third kappa shape index (κ3) is 9.39. The Labute approximate surface area is 270 Å². The molecule has 9 nitrogen and oxygen atoms in total. The molecule has 5 N–H and O–H groups in total. The Morgan fingerprint density at radius 3 is 1.60 bits per heavy atom. The molecule has 216 valence electrons. The van der Waals surface area contributed by atoms with Gasteiger partial charge in [0.25, 0.3) is 17.7 Å². The molecule has 0 bridgehead atoms. The van der Waals surface area contributed by atoms with E-state index in [1.807, 2.05) is 30.3 Å². The van der Waals surface area contributed by atoms with Gasteiger partial charge in [0.2, 0.25) is 0 Å². The number of carbonyl (C=O) groups excluding carboxylic acids is 3. The second kappa shape index (κ2) is 14.8. The molecule has 3 aromatic rings. The molecule has 2 fully saturated rings. The second-order valence-electron chi connectivity index (χ2n) is 8.53. The molecule has 0 radical (unpaired) electrons. The molecule has 5 rings (SSSR count). The zero-order chi connectivity index (χ0) is 30.9. The van der Waals surface area contributed by atoms with Gasteiger partial charge in [-0.3, -0.25) is 19.7 Å². The first kappa shape index (κ1) is 31.7. The van der Waals surface area contributed by atoms with Crippen LogP contribution in [0.1, 0.15) is 31.8 Å². The van der Waals surface area contributed by atoms with E-state index in [0.29, 0.717) is 24.0 Å². The summed E-state index contributed by atoms with van der Waals surface area (Å²) in [5, 5.41) is 19.6. The van der Waals surface area contributed by atoms with Crippen molar-refractivity contribution in [3.05, 3.63) is 111 Å². The van der Waals surface area contributed by atoms with E-state index >= 15 is 0 Å². The Bertz CT molecular complexity index is 1690. The van der Waals surface area contributed by atoms with Gasteiger partial charge in [0.15, 0.2) is 5.11 Å². The van der Waals surface area contributed by atoms with Crippen LogP contribution in [0.25, 0.3) is 12.2 Å². The highest BCUT2D eigenvalue weighted by atomic mass is 32.2. The molecule has 3 aromatic carbocycles. The van der Waals surface area contributed by atoms with Crippen LogP contribution in [0.2, 0.25) is 0 Å². The van der Waals surface area contributed by atoms with Crippen molar-refractivity contribution in [2.75, 3.05) is 5.32 Å². The van der Waals surface area contributed by atoms with Crippen LogP contribution in [0, 0.1) is 0 Å². The highest BCUT2D eigenvalue weighted by Gasteiger charge is 2.22. The molecule has 0 aliphatic carbocycles. The minimum Gasteiger partial charge on any atom is -0.478 e. The zero-order valence-electron chi connectivity index (χ0n) is 21.8. The van der Waals surface area contributed by atoms with Crippen LogP contribution in [-0.2, 0) is 9.59 Å². The smallest absolute Gasteiger partial charge is 0.335 e. The maximum Gasteiger partial charge on any atom is 0.335 e. The summed E-state index contributed by atoms with van der Waals surface area (Å²) in [5.41, 5.74) is 3.03. The lowest BCUT2D eigenvalue weighted by Crippen LogP contribution is -2.34. The quantitative estimate of drug-likeness (QED) is 0.182. The number of aromatic carboxylic acids is 1. The van der Waals surface area contributed by atoms with Crippen LogP contribution in [0.3, 0.4) is 0 Å². The monoisotopic (exact) mass is 664 g/mol. The standard InChI is InChI=1S/C18H13N3O2S3.C11H7NO3S2/c22-15(20-17(24)19-13-4-2-1-3-5-13)12-8-6-11(7-9-12)10-14-16(23)21-18(25)26-14;13-9-8(17-11(16)12-9)5-6-1-3-7(4-2-6)10(14)15/h1-10H,(H,21,23,25)(H2,19,20,22,24);1-5H,(H,14,15)(H,12,13,16)/b14-10-;8-5-. The predicted molar refractivity (Wildman–Crippen MR) is 183 cm³/mol. The van der Waals surface area contributed by atoms with Crippen LogP contribution in [0.15, 0.2) is 88.7 Å². The molecule has 0 spiro atoms. The van der Waals surface area contributed by atoms with Crippen molar-refractivity contribution in [1.29, 1.82) is 0 Å². The van der Waals surface area contributed by atoms with Crippen LogP contribution in [0.5, 0.6) is 0 Å². The fourth-order valence-electron chi connectivity index (χ4n) is 3.46. The van der Waals surface area contributed by atoms with Crippen molar-refractivity contribution in [2.45, 2.75) is 0 Å². The van der Waals surface area contributed by atoms with Crippen molar-refractivity contribution in [1.82, 2.24) is 16.0 Å². The maximum atomic E-state index is 12.3. The number of benzene rings is 3. The molecule has 0 unspecified atom stereocenters. The van der Waals surface area contributed by atoms with E-state index in [9.17, 15) is 19.2 Å². The van der Waals surface area contributed by atoms with E-state index in [4.69, 9.17) is 41.8 Å². The van der Waals surface area contributed by atoms with Crippen molar-refractivity contribution in [3.8, 4) is 0 Å². The fourth-order valence-corrected chi connectivity index (χ4v) is 5.76. The van der Waals surface area contributed by atoms with E-state index < -0.39 is 5.97 Å². The third-order valence-corrected chi connectivity index (χ3v) is 8.00. The van der Waals surface area contributed by atoms with Gasteiger partial charge in [-0.1, -0.05) is 90.4 Å². The van der Waals surface area contributed by atoms with Gasteiger partial charge in [-0.2, -0.15) is 0 Å². The predicted octanol–water partition coefficient (Wildman–Crippen LogP) is 5.18. The number of anilines is 1. The van der Waals surface area contributed by atoms with Gasteiger partial charge in [0, 0.05) is 11.3 Å². The number of carbonyl (C=O) groups is 4. The second-order valence-corrected chi connectivity index (χ2v) is 12.4. The van der Waals surface area contributed by atoms with Gasteiger partial charge < -0.3 is 21.1 Å². The van der Waals surface area contributed by atoms with Gasteiger partial charge in [0.05, 0.1) is 15.4 Å². The molecule has 2 heterocycles. The lowest BCUT2D eigenvalue weighted by molar-refractivity contribution is -0.116. The Hall–Kier alpha value is -4.21. The fraction of sp³-hybridized carbons (Fsp3) is 0. The summed E-state index contributed by atoms with van der Waals surface area (Å²) in [6.45, 7) is 0. The summed E-state index contributed by atoms with van der Waals surface area (Å²) < 4.78 is 0.875. The number of hydrogen-bond donors (Lipinski definition) is 5. The average Bonchev–Trinajstić information content (AvgIpc) is 3.47. The Morgan fingerprint density at radius 1 is 0.721 bits per heavy atom. The number of thioether (sulfide) groups is 2. The minimum absolute atomic E-state index is 0.209. The molecule has 0 aromatic heterocycles. The summed E-state index contributed by atoms with van der Waals surface area (Å²) in [7, 11) is 0. The van der Waals surface area contributed by atoms with Crippen molar-refractivity contribution in [3.63, 3.8) is 0 Å². The molecular weight excluding hydrogens is 645 g/mol. The van der Waals surface area contributed by atoms with E-state index in [2.05, 4.69) is 21.3 Å². The van der Waals surface area contributed by atoms with Crippen molar-refractivity contribution < 1.29 is 24.3 Å². The van der Waals surface area contributed by atoms with Gasteiger partial charge >= 0.3 is 5.97 Å². The van der Waals surface area contributed by atoms with Crippen LogP contribution in [0.4, 0.5) is 5.69 Å². The summed E-state index contributed by atoms with van der Waals surface area (Å²) in [4.78, 5) is 47.0. The normalized spacial score (nSPS) is 15.8. The van der Waals surface area contributed by atoms with Gasteiger partial charge in [-0.15, -0.1) is 0 Å². The van der Waals surface area contributed by atoms with Crippen LogP contribution in [-0.4, -0.2) is 42.6 Å². The maximum absolute atomic E-state index is 12.3. The third-order valence-electron chi connectivity index (χ3n) is 5.47. The topological polar surface area (TPSA) is 137 Å². The number of rotatable bonds is 5. The molecular formula is C29H20N4O5S5. The number of carboxylic acids is 1. The van der Waals surface area contributed by atoms with Crippen molar-refractivity contribution in [2.24, 2.45) is 0 Å². The highest BCUT2D eigenvalue weighted by molar-refractivity contribution is 8.27. The van der Waals surface area contributed by atoms with Crippen LogP contribution >= 0.6 is 60.2 Å². The molecule has 43 heavy (non-hydrogen) atoms. The summed E-state index contributed by atoms with van der Waals surface area (Å²) in [6, 6.07) is 22.5. The van der Waals surface area contributed by atoms with E-state index in [1.165, 1.54) is 35.7 Å². The first-order valence-electron chi connectivity index (χ1n) is 12.2. The summed E-state index contributed by atoms with van der Waals surface area (Å²) in [6.07, 6.45) is 3.40. The molecule has 2 aliphatic heterocycles. The molecule has 3 amide bonds. The number of nitrogens with one attached hydrogen (secondary N) is 4.